The Bertz CT molecular complexity index is 569. The molecule has 1 N–H and O–H groups in total. The van der Waals surface area contributed by atoms with Crippen LogP contribution in [0.2, 0.25) is 0 Å². The molecular weight excluding hydrogens is 266 g/mol. The third kappa shape index (κ3) is 2.33. The molecule has 4 nitrogen and oxygen atoms in total. The first kappa shape index (κ1) is 14.1. The zero-order valence-corrected chi connectivity index (χ0v) is 12.3. The molecule has 0 aliphatic carbocycles. The summed E-state index contributed by atoms with van der Waals surface area (Å²) in [6, 6.07) is 7.94. The number of para-hydroxylation sites is 1. The number of ether oxygens (including phenoxy) is 1. The van der Waals surface area contributed by atoms with Crippen molar-refractivity contribution >= 4 is 5.91 Å². The van der Waals surface area contributed by atoms with Gasteiger partial charge in [0.15, 0.2) is 0 Å². The molecule has 0 spiro atoms. The van der Waals surface area contributed by atoms with Gasteiger partial charge in [0.25, 0.3) is 0 Å². The van der Waals surface area contributed by atoms with Gasteiger partial charge in [-0.1, -0.05) is 30.4 Å². The van der Waals surface area contributed by atoms with Crippen molar-refractivity contribution < 1.29 is 14.6 Å². The maximum Gasteiger partial charge on any atom is 0.226 e. The molecule has 3 rings (SSSR count). The molecule has 1 aromatic rings. The summed E-state index contributed by atoms with van der Waals surface area (Å²) in [5.41, 5.74) is 0.749. The van der Waals surface area contributed by atoms with Crippen LogP contribution in [0.25, 0.3) is 0 Å². The minimum absolute atomic E-state index is 0.0411. The van der Waals surface area contributed by atoms with Crippen LogP contribution in [-0.2, 0) is 4.79 Å². The van der Waals surface area contributed by atoms with E-state index in [4.69, 9.17) is 4.74 Å². The van der Waals surface area contributed by atoms with Crippen molar-refractivity contribution in [1.82, 2.24) is 4.90 Å². The number of benzene rings is 1. The Balaban J connectivity index is 1.88. The van der Waals surface area contributed by atoms with Crippen molar-refractivity contribution in [3.8, 4) is 5.75 Å². The fourth-order valence-corrected chi connectivity index (χ4v) is 3.41. The Morgan fingerprint density at radius 2 is 2.33 bits per heavy atom. The highest BCUT2D eigenvalue weighted by Gasteiger charge is 2.51. The average Bonchev–Trinajstić information content (AvgIpc) is 2.93. The second-order valence-electron chi connectivity index (χ2n) is 5.95. The lowest BCUT2D eigenvalue weighted by Gasteiger charge is -2.37. The Morgan fingerprint density at radius 3 is 3.10 bits per heavy atom. The molecule has 4 heteroatoms. The van der Waals surface area contributed by atoms with Crippen LogP contribution < -0.4 is 4.74 Å². The van der Waals surface area contributed by atoms with Crippen molar-refractivity contribution in [1.29, 1.82) is 0 Å². The molecular formula is C17H21NO3. The summed E-state index contributed by atoms with van der Waals surface area (Å²) >= 11 is 0. The second kappa shape index (κ2) is 5.53. The maximum absolute atomic E-state index is 12.3. The van der Waals surface area contributed by atoms with Gasteiger partial charge in [-0.3, -0.25) is 4.79 Å². The van der Waals surface area contributed by atoms with Crippen molar-refractivity contribution in [2.24, 2.45) is 5.41 Å². The van der Waals surface area contributed by atoms with E-state index < -0.39 is 0 Å². The Labute approximate surface area is 125 Å². The predicted molar refractivity (Wildman–Crippen MR) is 80.2 cm³/mol. The van der Waals surface area contributed by atoms with Gasteiger partial charge in [0, 0.05) is 25.4 Å². The maximum atomic E-state index is 12.3. The van der Waals surface area contributed by atoms with E-state index in [9.17, 15) is 9.90 Å². The summed E-state index contributed by atoms with van der Waals surface area (Å²) in [7, 11) is 0. The van der Waals surface area contributed by atoms with Gasteiger partial charge in [-0.25, -0.2) is 0 Å². The van der Waals surface area contributed by atoms with Crippen LogP contribution >= 0.6 is 0 Å². The molecule has 2 aliphatic rings. The molecule has 1 aromatic carbocycles. The summed E-state index contributed by atoms with van der Waals surface area (Å²) in [5.74, 6) is 1.16. The van der Waals surface area contributed by atoms with Crippen molar-refractivity contribution in [3.05, 3.63) is 42.0 Å². The fraction of sp³-hybridized carbons (Fsp3) is 0.471. The summed E-state index contributed by atoms with van der Waals surface area (Å²) < 4.78 is 5.83. The molecule has 1 amide bonds. The van der Waals surface area contributed by atoms with Gasteiger partial charge >= 0.3 is 0 Å². The molecule has 0 saturated carbocycles. The van der Waals surface area contributed by atoms with Crippen molar-refractivity contribution in [3.63, 3.8) is 0 Å². The lowest BCUT2D eigenvalue weighted by atomic mass is 9.74. The van der Waals surface area contributed by atoms with Gasteiger partial charge in [0.2, 0.25) is 5.91 Å². The zero-order valence-electron chi connectivity index (χ0n) is 12.3. The van der Waals surface area contributed by atoms with Crippen molar-refractivity contribution in [2.75, 3.05) is 26.3 Å². The Kier molecular flexibility index (Phi) is 3.72. The van der Waals surface area contributed by atoms with Gasteiger partial charge in [0.05, 0.1) is 18.6 Å². The number of allylic oxidation sites excluding steroid dienone is 1. The molecule has 2 aliphatic heterocycles. The first-order valence-corrected chi connectivity index (χ1v) is 7.42. The predicted octanol–water partition coefficient (Wildman–Crippen LogP) is 1.95. The van der Waals surface area contributed by atoms with Gasteiger partial charge in [-0.2, -0.15) is 0 Å². The Hall–Kier alpha value is -1.81. The first-order chi connectivity index (χ1) is 10.2. The van der Waals surface area contributed by atoms with Gasteiger partial charge in [-0.05, 0) is 18.6 Å². The van der Waals surface area contributed by atoms with E-state index in [-0.39, 0.29) is 23.8 Å². The molecule has 0 bridgehead atoms. The van der Waals surface area contributed by atoms with Gasteiger partial charge in [-0.15, -0.1) is 0 Å². The standard InChI is InChI=1S/C17H21NO3/c1-2-3-8-16(20)18-9-14-13-6-4-5-7-15(13)21-12-17(14,10-18)11-19/h2-7,14,19H,8-12H2,1H3/b3-2+/t14-,17-/m1/s1. The largest absolute Gasteiger partial charge is 0.493 e. The highest BCUT2D eigenvalue weighted by molar-refractivity contribution is 5.78. The van der Waals surface area contributed by atoms with E-state index in [0.717, 1.165) is 11.3 Å². The Morgan fingerprint density at radius 1 is 1.52 bits per heavy atom. The number of aliphatic hydroxyl groups excluding tert-OH is 1. The summed E-state index contributed by atoms with van der Waals surface area (Å²) in [5, 5.41) is 9.92. The van der Waals surface area contributed by atoms with Crippen LogP contribution in [0.1, 0.15) is 24.8 Å². The summed E-state index contributed by atoms with van der Waals surface area (Å²) in [6.07, 6.45) is 4.19. The number of carbonyl (C=O) groups excluding carboxylic acids is 1. The number of rotatable bonds is 3. The highest BCUT2D eigenvalue weighted by atomic mass is 16.5. The number of hydrogen-bond acceptors (Lipinski definition) is 3. The van der Waals surface area contributed by atoms with Crippen LogP contribution in [0.3, 0.4) is 0 Å². The summed E-state index contributed by atoms with van der Waals surface area (Å²) in [4.78, 5) is 14.1. The lowest BCUT2D eigenvalue weighted by Crippen LogP contribution is -2.42. The van der Waals surface area contributed by atoms with Crippen LogP contribution in [-0.4, -0.2) is 42.2 Å². The molecule has 112 valence electrons. The first-order valence-electron chi connectivity index (χ1n) is 7.42. The zero-order chi connectivity index (χ0) is 14.9. The van der Waals surface area contributed by atoms with E-state index in [1.54, 1.807) is 0 Å². The van der Waals surface area contributed by atoms with E-state index in [0.29, 0.717) is 26.1 Å². The lowest BCUT2D eigenvalue weighted by molar-refractivity contribution is -0.129. The van der Waals surface area contributed by atoms with E-state index >= 15 is 0 Å². The minimum Gasteiger partial charge on any atom is -0.493 e. The van der Waals surface area contributed by atoms with Gasteiger partial charge < -0.3 is 14.7 Å². The third-order valence-corrected chi connectivity index (χ3v) is 4.65. The van der Waals surface area contributed by atoms with Crippen LogP contribution in [0.15, 0.2) is 36.4 Å². The number of hydrogen-bond donors (Lipinski definition) is 1. The summed E-state index contributed by atoms with van der Waals surface area (Å²) in [6.45, 7) is 3.66. The average molecular weight is 287 g/mol. The number of fused-ring (bicyclic) bond motifs is 3. The minimum atomic E-state index is -0.361. The number of amides is 1. The van der Waals surface area contributed by atoms with E-state index in [1.165, 1.54) is 0 Å². The molecule has 0 aromatic heterocycles. The van der Waals surface area contributed by atoms with Crippen molar-refractivity contribution in [2.45, 2.75) is 19.3 Å². The van der Waals surface area contributed by atoms with Crippen LogP contribution in [0.5, 0.6) is 5.75 Å². The fourth-order valence-electron chi connectivity index (χ4n) is 3.41. The molecule has 21 heavy (non-hydrogen) atoms. The number of aliphatic hydroxyl groups is 1. The molecule has 2 atom stereocenters. The van der Waals surface area contributed by atoms with E-state index in [1.807, 2.05) is 48.2 Å². The van der Waals surface area contributed by atoms with E-state index in [2.05, 4.69) is 0 Å². The molecule has 0 unspecified atom stereocenters. The molecule has 1 fully saturated rings. The molecule has 1 saturated heterocycles. The highest BCUT2D eigenvalue weighted by Crippen LogP contribution is 2.49. The third-order valence-electron chi connectivity index (χ3n) is 4.65. The SMILES string of the molecule is C/C=C/CC(=O)N1C[C@@H]2c3ccccc3OC[C@]2(CO)C1. The molecule has 0 radical (unpaired) electrons. The van der Waals surface area contributed by atoms with Crippen LogP contribution in [0.4, 0.5) is 0 Å². The number of likely N-dealkylation sites (tertiary alicyclic amines) is 1. The smallest absolute Gasteiger partial charge is 0.226 e. The number of carbonyl (C=O) groups is 1. The number of nitrogens with zero attached hydrogens (tertiary/aromatic N) is 1. The second-order valence-corrected chi connectivity index (χ2v) is 5.95. The topological polar surface area (TPSA) is 49.8 Å². The quantitative estimate of drug-likeness (QED) is 0.865. The van der Waals surface area contributed by atoms with Gasteiger partial charge in [0.1, 0.15) is 5.75 Å². The molecule has 2 heterocycles. The van der Waals surface area contributed by atoms with Crippen LogP contribution in [0, 0.1) is 5.41 Å². The normalized spacial score (nSPS) is 27.3. The monoisotopic (exact) mass is 287 g/mol.